The molecule has 1 amide bonds. The molecule has 0 saturated carbocycles. The zero-order chi connectivity index (χ0) is 19.4. The Morgan fingerprint density at radius 3 is 2.74 bits per heavy atom. The molecule has 0 atom stereocenters. The Bertz CT molecular complexity index is 868. The summed E-state index contributed by atoms with van der Waals surface area (Å²) in [6.45, 7) is 3.85. The van der Waals surface area contributed by atoms with Crippen LogP contribution >= 0.6 is 0 Å². The molecule has 0 bridgehead atoms. The number of hydrogen-bond acceptors (Lipinski definition) is 4. The summed E-state index contributed by atoms with van der Waals surface area (Å²) < 4.78 is 5.73. The minimum absolute atomic E-state index is 0.541. The van der Waals surface area contributed by atoms with E-state index in [0.29, 0.717) is 19.0 Å². The van der Waals surface area contributed by atoms with Gasteiger partial charge in [-0.2, -0.15) is 0 Å². The molecule has 6 heteroatoms. The van der Waals surface area contributed by atoms with E-state index >= 15 is 0 Å². The summed E-state index contributed by atoms with van der Waals surface area (Å²) in [7, 11) is 4.06. The number of aromatic nitrogens is 1. The molecular weight excluding hydrogens is 342 g/mol. The molecule has 0 radical (unpaired) electrons. The average Bonchev–Trinajstić information content (AvgIpc) is 3.05. The molecule has 0 unspecified atom stereocenters. The first-order valence-electron chi connectivity index (χ1n) is 9.45. The third-order valence-electron chi connectivity index (χ3n) is 5.23. The zero-order valence-corrected chi connectivity index (χ0v) is 16.3. The van der Waals surface area contributed by atoms with E-state index in [9.17, 15) is 4.79 Å². The fraction of sp³-hybridized carbons (Fsp3) is 0.524. The third-order valence-corrected chi connectivity index (χ3v) is 5.23. The molecule has 1 aromatic carbocycles. The molecule has 2 aromatic rings. The second kappa shape index (κ2) is 8.45. The lowest BCUT2D eigenvalue weighted by Gasteiger charge is -2.29. The monoisotopic (exact) mass is 369 g/mol. The highest BCUT2D eigenvalue weighted by atomic mass is 16.5. The van der Waals surface area contributed by atoms with Gasteiger partial charge < -0.3 is 19.4 Å². The molecule has 1 fully saturated rings. The third kappa shape index (κ3) is 4.42. The Hall–Kier alpha value is -2.52. The highest BCUT2D eigenvalue weighted by Crippen LogP contribution is 2.29. The van der Waals surface area contributed by atoms with Crippen molar-refractivity contribution < 1.29 is 14.4 Å². The highest BCUT2D eigenvalue weighted by molar-refractivity contribution is 5.84. The first kappa shape index (κ1) is 19.2. The number of likely N-dealkylation sites (tertiary alicyclic amines) is 1. The van der Waals surface area contributed by atoms with Gasteiger partial charge in [-0.25, -0.2) is 4.79 Å². The number of aryl methyl sites for hydroxylation is 1. The highest BCUT2D eigenvalue weighted by Gasteiger charge is 2.23. The molecule has 1 aromatic heterocycles. The van der Waals surface area contributed by atoms with Crippen LogP contribution in [0.25, 0.3) is 11.0 Å². The van der Waals surface area contributed by atoms with Crippen LogP contribution in [0.15, 0.2) is 16.7 Å². The van der Waals surface area contributed by atoms with Crippen molar-refractivity contribution in [2.75, 3.05) is 27.2 Å². The Balaban J connectivity index is 1.74. The van der Waals surface area contributed by atoms with E-state index in [4.69, 9.17) is 9.63 Å². The lowest BCUT2D eigenvalue weighted by Crippen LogP contribution is -2.37. The summed E-state index contributed by atoms with van der Waals surface area (Å²) in [6.07, 6.45) is 2.89. The lowest BCUT2D eigenvalue weighted by molar-refractivity contribution is 0.123. The standard InChI is InChI=1S/C21H27N3O3/c1-4-5-16-7-8-17-19(22-27-20(17)18(16)14-23(2)3)9-6-15-10-12-24(13-11-15)21(25)26/h7-8,15H,6,9-14H2,1-3H3,(H,25,26). The van der Waals surface area contributed by atoms with E-state index in [2.05, 4.69) is 34.0 Å². The Morgan fingerprint density at radius 1 is 1.37 bits per heavy atom. The number of carboxylic acid groups (broad SMARTS) is 1. The SMILES string of the molecule is CC#Cc1ccc2c(CCC3CCN(C(=O)O)CC3)noc2c1CN(C)C. The fourth-order valence-electron chi connectivity index (χ4n) is 3.77. The van der Waals surface area contributed by atoms with Crippen molar-refractivity contribution in [2.45, 2.75) is 39.2 Å². The molecule has 2 heterocycles. The number of fused-ring (bicyclic) bond motifs is 1. The summed E-state index contributed by atoms with van der Waals surface area (Å²) in [5.41, 5.74) is 3.89. The molecule has 1 aliphatic rings. The largest absolute Gasteiger partial charge is 0.465 e. The number of hydrogen-bond donors (Lipinski definition) is 1. The number of carbonyl (C=O) groups is 1. The number of benzene rings is 1. The van der Waals surface area contributed by atoms with E-state index in [0.717, 1.165) is 60.0 Å². The van der Waals surface area contributed by atoms with Crippen LogP contribution in [0.4, 0.5) is 4.79 Å². The minimum atomic E-state index is -0.810. The molecule has 144 valence electrons. The minimum Gasteiger partial charge on any atom is -0.465 e. The van der Waals surface area contributed by atoms with Gasteiger partial charge in [-0.3, -0.25) is 0 Å². The Kier molecular flexibility index (Phi) is 6.02. The van der Waals surface area contributed by atoms with Crippen LogP contribution in [-0.2, 0) is 13.0 Å². The molecule has 1 N–H and O–H groups in total. The van der Waals surface area contributed by atoms with Gasteiger partial charge in [-0.1, -0.05) is 11.1 Å². The Labute approximate surface area is 160 Å². The van der Waals surface area contributed by atoms with E-state index in [1.54, 1.807) is 0 Å². The Morgan fingerprint density at radius 2 is 2.11 bits per heavy atom. The average molecular weight is 369 g/mol. The first-order chi connectivity index (χ1) is 13.0. The summed E-state index contributed by atoms with van der Waals surface area (Å²) in [5.74, 6) is 6.68. The summed E-state index contributed by atoms with van der Waals surface area (Å²) in [6, 6.07) is 4.12. The smallest absolute Gasteiger partial charge is 0.407 e. The van der Waals surface area contributed by atoms with E-state index in [-0.39, 0.29) is 0 Å². The van der Waals surface area contributed by atoms with Crippen molar-refractivity contribution in [3.05, 3.63) is 29.0 Å². The second-order valence-corrected chi connectivity index (χ2v) is 7.46. The molecule has 1 saturated heterocycles. The number of piperidine rings is 1. The number of amides is 1. The van der Waals surface area contributed by atoms with Gasteiger partial charge in [0.15, 0.2) is 5.58 Å². The van der Waals surface area contributed by atoms with Crippen molar-refractivity contribution in [1.29, 1.82) is 0 Å². The van der Waals surface area contributed by atoms with Gasteiger partial charge in [0.05, 0.1) is 5.69 Å². The maximum Gasteiger partial charge on any atom is 0.407 e. The molecule has 3 rings (SSSR count). The topological polar surface area (TPSA) is 69.8 Å². The summed E-state index contributed by atoms with van der Waals surface area (Å²) in [4.78, 5) is 14.6. The number of rotatable bonds is 5. The maximum absolute atomic E-state index is 11.0. The van der Waals surface area contributed by atoms with Gasteiger partial charge in [0.1, 0.15) is 0 Å². The predicted molar refractivity (Wildman–Crippen MR) is 105 cm³/mol. The van der Waals surface area contributed by atoms with Crippen LogP contribution < -0.4 is 0 Å². The van der Waals surface area contributed by atoms with E-state index in [1.165, 1.54) is 4.90 Å². The zero-order valence-electron chi connectivity index (χ0n) is 16.3. The normalized spacial score (nSPS) is 15.2. The van der Waals surface area contributed by atoms with Crippen LogP contribution in [0.5, 0.6) is 0 Å². The summed E-state index contributed by atoms with van der Waals surface area (Å²) >= 11 is 0. The predicted octanol–water partition coefficient (Wildman–Crippen LogP) is 3.58. The van der Waals surface area contributed by atoms with Gasteiger partial charge in [-0.15, -0.1) is 5.92 Å². The van der Waals surface area contributed by atoms with Crippen LogP contribution in [0.2, 0.25) is 0 Å². The van der Waals surface area contributed by atoms with Crippen molar-refractivity contribution in [1.82, 2.24) is 15.0 Å². The molecule has 1 aliphatic heterocycles. The molecule has 0 aliphatic carbocycles. The molecule has 0 spiro atoms. The van der Waals surface area contributed by atoms with Gasteiger partial charge in [0, 0.05) is 36.1 Å². The van der Waals surface area contributed by atoms with Crippen LogP contribution in [-0.4, -0.2) is 53.3 Å². The van der Waals surface area contributed by atoms with Crippen LogP contribution in [0.3, 0.4) is 0 Å². The molecule has 6 nitrogen and oxygen atoms in total. The first-order valence-corrected chi connectivity index (χ1v) is 9.45. The van der Waals surface area contributed by atoms with Crippen molar-refractivity contribution in [2.24, 2.45) is 5.92 Å². The summed E-state index contributed by atoms with van der Waals surface area (Å²) in [5, 5.41) is 14.5. The number of nitrogens with zero attached hydrogens (tertiary/aromatic N) is 3. The van der Waals surface area contributed by atoms with E-state index < -0.39 is 6.09 Å². The van der Waals surface area contributed by atoms with Gasteiger partial charge in [0.2, 0.25) is 0 Å². The van der Waals surface area contributed by atoms with Gasteiger partial charge in [0.25, 0.3) is 0 Å². The van der Waals surface area contributed by atoms with Crippen molar-refractivity contribution in [3.8, 4) is 11.8 Å². The van der Waals surface area contributed by atoms with E-state index in [1.807, 2.05) is 21.0 Å². The molecular formula is C21H27N3O3. The second-order valence-electron chi connectivity index (χ2n) is 7.46. The van der Waals surface area contributed by atoms with Crippen LogP contribution in [0.1, 0.15) is 43.0 Å². The van der Waals surface area contributed by atoms with Crippen molar-refractivity contribution >= 4 is 17.1 Å². The maximum atomic E-state index is 11.0. The van der Waals surface area contributed by atoms with Crippen molar-refractivity contribution in [3.63, 3.8) is 0 Å². The lowest BCUT2D eigenvalue weighted by atomic mass is 9.91. The fourth-order valence-corrected chi connectivity index (χ4v) is 3.77. The van der Waals surface area contributed by atoms with Gasteiger partial charge >= 0.3 is 6.09 Å². The van der Waals surface area contributed by atoms with Gasteiger partial charge in [-0.05, 0) is 64.8 Å². The molecule has 27 heavy (non-hydrogen) atoms. The van der Waals surface area contributed by atoms with Crippen LogP contribution in [0, 0.1) is 17.8 Å². The quantitative estimate of drug-likeness (QED) is 0.816.